The predicted molar refractivity (Wildman–Crippen MR) is 121 cm³/mol. The number of nitrogens with one attached hydrogen (secondary N) is 1. The van der Waals surface area contributed by atoms with Crippen molar-refractivity contribution in [1.82, 2.24) is 15.1 Å². The Morgan fingerprint density at radius 1 is 1.06 bits per heavy atom. The summed E-state index contributed by atoms with van der Waals surface area (Å²) in [7, 11) is 0. The van der Waals surface area contributed by atoms with Crippen molar-refractivity contribution in [1.29, 1.82) is 0 Å². The molecule has 3 rings (SSSR count). The van der Waals surface area contributed by atoms with E-state index in [1.807, 2.05) is 56.3 Å². The van der Waals surface area contributed by atoms with E-state index in [2.05, 4.69) is 5.32 Å². The van der Waals surface area contributed by atoms with Crippen LogP contribution in [0.5, 0.6) is 0 Å². The fraction of sp³-hybridized carbons (Fsp3) is 0.520. The summed E-state index contributed by atoms with van der Waals surface area (Å²) in [4.78, 5) is 54.2. The van der Waals surface area contributed by atoms with Crippen molar-refractivity contribution in [2.45, 2.75) is 65.1 Å². The third-order valence-corrected chi connectivity index (χ3v) is 6.51. The lowest BCUT2D eigenvalue weighted by Gasteiger charge is -2.30. The van der Waals surface area contributed by atoms with Crippen LogP contribution in [0.3, 0.4) is 0 Å². The summed E-state index contributed by atoms with van der Waals surface area (Å²) in [6, 6.07) is 8.82. The Bertz CT molecular complexity index is 856. The number of likely N-dealkylation sites (tertiary alicyclic amines) is 1. The maximum atomic E-state index is 13.2. The summed E-state index contributed by atoms with van der Waals surface area (Å²) < 4.78 is 0. The quantitative estimate of drug-likeness (QED) is 0.473. The summed E-state index contributed by atoms with van der Waals surface area (Å²) in [5, 5.41) is 2.94. The van der Waals surface area contributed by atoms with Gasteiger partial charge in [-0.15, -0.1) is 0 Å². The minimum atomic E-state index is -0.673. The number of hydrogen-bond donors (Lipinski definition) is 1. The molecule has 1 saturated heterocycles. The third kappa shape index (κ3) is 5.26. The topological polar surface area (TPSA) is 86.8 Å². The highest BCUT2D eigenvalue weighted by atomic mass is 16.2. The molecule has 2 aliphatic rings. The molecule has 32 heavy (non-hydrogen) atoms. The number of nitrogens with zero attached hydrogens (tertiary/aromatic N) is 2. The maximum absolute atomic E-state index is 13.2. The molecule has 1 N–H and O–H groups in total. The van der Waals surface area contributed by atoms with Gasteiger partial charge in [0.05, 0.1) is 11.8 Å². The van der Waals surface area contributed by atoms with Crippen LogP contribution in [0, 0.1) is 11.8 Å². The van der Waals surface area contributed by atoms with E-state index >= 15 is 0 Å². The molecule has 0 spiro atoms. The Hall–Kier alpha value is -2.96. The van der Waals surface area contributed by atoms with E-state index in [0.29, 0.717) is 12.8 Å². The molecule has 4 amide bonds. The molecular formula is C25H33N3O4. The fourth-order valence-electron chi connectivity index (χ4n) is 4.27. The van der Waals surface area contributed by atoms with Crippen LogP contribution >= 0.6 is 0 Å². The molecule has 1 aromatic rings. The molecule has 7 heteroatoms. The van der Waals surface area contributed by atoms with Gasteiger partial charge in [-0.3, -0.25) is 24.1 Å². The first-order chi connectivity index (χ1) is 15.3. The van der Waals surface area contributed by atoms with Gasteiger partial charge in [0, 0.05) is 25.6 Å². The van der Waals surface area contributed by atoms with Crippen LogP contribution in [0.25, 0.3) is 0 Å². The zero-order valence-corrected chi connectivity index (χ0v) is 19.1. The number of rotatable bonds is 9. The maximum Gasteiger partial charge on any atom is 0.242 e. The number of benzene rings is 1. The summed E-state index contributed by atoms with van der Waals surface area (Å²) >= 11 is 0. The van der Waals surface area contributed by atoms with E-state index in [1.165, 1.54) is 9.80 Å². The van der Waals surface area contributed by atoms with E-state index in [9.17, 15) is 19.2 Å². The van der Waals surface area contributed by atoms with Crippen molar-refractivity contribution in [2.75, 3.05) is 6.54 Å². The van der Waals surface area contributed by atoms with Crippen molar-refractivity contribution in [3.63, 3.8) is 0 Å². The first-order valence-electron chi connectivity index (χ1n) is 11.5. The van der Waals surface area contributed by atoms with Crippen LogP contribution in [-0.2, 0) is 25.7 Å². The lowest BCUT2D eigenvalue weighted by atomic mass is 9.85. The predicted octanol–water partition coefficient (Wildman–Crippen LogP) is 2.66. The molecular weight excluding hydrogens is 406 g/mol. The van der Waals surface area contributed by atoms with Crippen LogP contribution in [0.2, 0.25) is 0 Å². The standard InChI is InChI=1S/C25H33N3O4/c1-4-17(2)26-23(30)18(3)28(16-19-10-6-5-7-11-19)22(29)14-15-27-24(31)20-12-8-9-13-21(20)25(27)32/h5-11,17-18,20-21H,4,12-16H2,1-3H3,(H,26,30)/t17-,18-,20-,21+/m1/s1. The fourth-order valence-corrected chi connectivity index (χ4v) is 4.27. The van der Waals surface area contributed by atoms with Gasteiger partial charge in [0.2, 0.25) is 23.6 Å². The Labute approximate surface area is 189 Å². The number of allylic oxidation sites excluding steroid dienone is 2. The zero-order chi connectivity index (χ0) is 23.3. The van der Waals surface area contributed by atoms with Gasteiger partial charge in [-0.2, -0.15) is 0 Å². The van der Waals surface area contributed by atoms with E-state index in [0.717, 1.165) is 12.0 Å². The molecule has 0 bridgehead atoms. The molecule has 4 atom stereocenters. The van der Waals surface area contributed by atoms with E-state index < -0.39 is 6.04 Å². The average Bonchev–Trinajstić information content (AvgIpc) is 3.05. The van der Waals surface area contributed by atoms with E-state index in [4.69, 9.17) is 0 Å². The summed E-state index contributed by atoms with van der Waals surface area (Å²) in [5.41, 5.74) is 0.912. The zero-order valence-electron chi connectivity index (χ0n) is 19.1. The highest BCUT2D eigenvalue weighted by molar-refractivity contribution is 6.05. The van der Waals surface area contributed by atoms with Crippen LogP contribution in [0.1, 0.15) is 52.0 Å². The second-order valence-electron chi connectivity index (χ2n) is 8.74. The van der Waals surface area contributed by atoms with E-state index in [-0.39, 0.29) is 61.0 Å². The molecule has 1 heterocycles. The van der Waals surface area contributed by atoms with Crippen molar-refractivity contribution in [2.24, 2.45) is 11.8 Å². The minimum Gasteiger partial charge on any atom is -0.352 e. The van der Waals surface area contributed by atoms with Gasteiger partial charge >= 0.3 is 0 Å². The van der Waals surface area contributed by atoms with Crippen LogP contribution in [0.4, 0.5) is 0 Å². The monoisotopic (exact) mass is 439 g/mol. The molecule has 1 aliphatic carbocycles. The number of carbonyl (C=O) groups is 4. The van der Waals surface area contributed by atoms with Crippen LogP contribution < -0.4 is 5.32 Å². The third-order valence-electron chi connectivity index (χ3n) is 6.51. The largest absolute Gasteiger partial charge is 0.352 e. The van der Waals surface area contributed by atoms with Crippen LogP contribution in [-0.4, -0.2) is 52.1 Å². The molecule has 1 fully saturated rings. The van der Waals surface area contributed by atoms with Crippen LogP contribution in [0.15, 0.2) is 42.5 Å². The Kier molecular flexibility index (Phi) is 7.83. The molecule has 7 nitrogen and oxygen atoms in total. The molecule has 0 radical (unpaired) electrons. The highest BCUT2D eigenvalue weighted by Gasteiger charge is 2.47. The summed E-state index contributed by atoms with van der Waals surface area (Å²) in [5.74, 6) is -1.45. The number of fused-ring (bicyclic) bond motifs is 1. The van der Waals surface area contributed by atoms with E-state index in [1.54, 1.807) is 6.92 Å². The smallest absolute Gasteiger partial charge is 0.242 e. The summed E-state index contributed by atoms with van der Waals surface area (Å²) in [6.45, 7) is 5.96. The average molecular weight is 440 g/mol. The Balaban J connectivity index is 1.69. The highest BCUT2D eigenvalue weighted by Crippen LogP contribution is 2.35. The van der Waals surface area contributed by atoms with Gasteiger partial charge in [0.15, 0.2) is 0 Å². The number of amides is 4. The second-order valence-corrected chi connectivity index (χ2v) is 8.74. The first-order valence-corrected chi connectivity index (χ1v) is 11.5. The van der Waals surface area contributed by atoms with Crippen molar-refractivity contribution in [3.8, 4) is 0 Å². The molecule has 1 aromatic carbocycles. The van der Waals surface area contributed by atoms with Gasteiger partial charge in [-0.1, -0.05) is 49.4 Å². The Morgan fingerprint density at radius 3 is 2.22 bits per heavy atom. The SMILES string of the molecule is CC[C@@H](C)NC(=O)[C@@H](C)N(Cc1ccccc1)C(=O)CCN1C(=O)[C@H]2CC=CC[C@H]2C1=O. The minimum absolute atomic E-state index is 0.00185. The van der Waals surface area contributed by atoms with Crippen molar-refractivity contribution in [3.05, 3.63) is 48.0 Å². The molecule has 172 valence electrons. The molecule has 0 saturated carbocycles. The second kappa shape index (κ2) is 10.6. The van der Waals surface area contributed by atoms with Gasteiger partial charge in [-0.05, 0) is 38.7 Å². The van der Waals surface area contributed by atoms with Gasteiger partial charge in [0.1, 0.15) is 6.04 Å². The number of carbonyl (C=O) groups excluding carboxylic acids is 4. The summed E-state index contributed by atoms with van der Waals surface area (Å²) in [6.07, 6.45) is 5.83. The van der Waals surface area contributed by atoms with Gasteiger partial charge in [0.25, 0.3) is 0 Å². The lowest BCUT2D eigenvalue weighted by molar-refractivity contribution is -0.143. The lowest BCUT2D eigenvalue weighted by Crippen LogP contribution is -2.50. The molecule has 0 aromatic heterocycles. The van der Waals surface area contributed by atoms with Crippen molar-refractivity contribution >= 4 is 23.6 Å². The van der Waals surface area contributed by atoms with Crippen molar-refractivity contribution < 1.29 is 19.2 Å². The molecule has 0 unspecified atom stereocenters. The number of hydrogen-bond acceptors (Lipinski definition) is 4. The van der Waals surface area contributed by atoms with Gasteiger partial charge in [-0.25, -0.2) is 0 Å². The number of imide groups is 1. The van der Waals surface area contributed by atoms with Gasteiger partial charge < -0.3 is 10.2 Å². The normalized spacial score (nSPS) is 21.8. The molecule has 1 aliphatic heterocycles. The Morgan fingerprint density at radius 2 is 1.66 bits per heavy atom. The first kappa shape index (κ1) is 23.7.